The van der Waals surface area contributed by atoms with E-state index in [0.29, 0.717) is 11.9 Å². The lowest BCUT2D eigenvalue weighted by Gasteiger charge is -2.07. The summed E-state index contributed by atoms with van der Waals surface area (Å²) in [5, 5.41) is 10.8. The van der Waals surface area contributed by atoms with E-state index in [1.807, 2.05) is 30.3 Å². The maximum atomic E-state index is 12.3. The van der Waals surface area contributed by atoms with Crippen LogP contribution in [-0.2, 0) is 24.1 Å². The molecule has 0 fully saturated rings. The van der Waals surface area contributed by atoms with Crippen LogP contribution in [0.4, 0.5) is 0 Å². The molecule has 0 saturated carbocycles. The molecule has 4 rings (SSSR count). The van der Waals surface area contributed by atoms with Crippen LogP contribution in [0.3, 0.4) is 0 Å². The number of pyridine rings is 1. The summed E-state index contributed by atoms with van der Waals surface area (Å²) in [6.45, 7) is 0. The van der Waals surface area contributed by atoms with Gasteiger partial charge >= 0.3 is 5.97 Å². The monoisotopic (exact) mass is 360 g/mol. The highest BCUT2D eigenvalue weighted by Gasteiger charge is 2.13. The van der Waals surface area contributed by atoms with Crippen molar-refractivity contribution in [2.24, 2.45) is 0 Å². The third kappa shape index (κ3) is 3.49. The fourth-order valence-corrected chi connectivity index (χ4v) is 3.57. The molecule has 27 heavy (non-hydrogen) atoms. The number of carbonyl (C=O) groups is 1. The Labute approximate surface area is 155 Å². The zero-order chi connectivity index (χ0) is 18.8. The number of nitrogens with one attached hydrogen (secondary N) is 2. The fraction of sp³-hybridized carbons (Fsp3) is 0.182. The van der Waals surface area contributed by atoms with Gasteiger partial charge in [0.2, 0.25) is 0 Å². The maximum Gasteiger partial charge on any atom is 0.303 e. The van der Waals surface area contributed by atoms with E-state index in [2.05, 4.69) is 28.2 Å². The van der Waals surface area contributed by atoms with Crippen LogP contribution in [0, 0.1) is 0 Å². The molecule has 2 aromatic carbocycles. The lowest BCUT2D eigenvalue weighted by molar-refractivity contribution is -0.136. The van der Waals surface area contributed by atoms with E-state index in [4.69, 9.17) is 5.11 Å². The number of carboxylic acids is 1. The minimum Gasteiger partial charge on any atom is -0.481 e. The number of rotatable bonds is 6. The Kier molecular flexibility index (Phi) is 4.50. The molecular weight excluding hydrogens is 340 g/mol. The van der Waals surface area contributed by atoms with Crippen molar-refractivity contribution in [1.82, 2.24) is 9.97 Å². The standard InChI is InChI=1S/C22H20N2O3/c25-19(26)11-9-16-13-23-21-20(16)17-12-15(8-10-18(17)24-22(21)27)7-6-14-4-2-1-3-5-14/h1-5,8,10,12-13,23H,6-7,9,11H2,(H,24,27)(H,25,26). The number of aryl methyl sites for hydroxylation is 3. The first-order valence-electron chi connectivity index (χ1n) is 9.02. The van der Waals surface area contributed by atoms with Gasteiger partial charge in [-0.25, -0.2) is 0 Å². The summed E-state index contributed by atoms with van der Waals surface area (Å²) in [7, 11) is 0. The Morgan fingerprint density at radius 2 is 1.74 bits per heavy atom. The molecule has 4 aromatic rings. The Bertz CT molecular complexity index is 1170. The molecular formula is C22H20N2O3. The lowest BCUT2D eigenvalue weighted by Crippen LogP contribution is -2.07. The Morgan fingerprint density at radius 1 is 0.963 bits per heavy atom. The molecule has 5 nitrogen and oxygen atoms in total. The predicted molar refractivity (Wildman–Crippen MR) is 106 cm³/mol. The Hall–Kier alpha value is -3.34. The summed E-state index contributed by atoms with van der Waals surface area (Å²) in [5.41, 5.74) is 4.42. The van der Waals surface area contributed by atoms with Gasteiger partial charge < -0.3 is 15.1 Å². The molecule has 0 saturated heterocycles. The third-order valence-corrected chi connectivity index (χ3v) is 4.94. The number of benzene rings is 2. The van der Waals surface area contributed by atoms with Crippen molar-refractivity contribution >= 4 is 27.8 Å². The summed E-state index contributed by atoms with van der Waals surface area (Å²) in [5.74, 6) is -0.845. The number of carboxylic acid groups (broad SMARTS) is 1. The molecule has 0 radical (unpaired) electrons. The van der Waals surface area contributed by atoms with Crippen LogP contribution >= 0.6 is 0 Å². The van der Waals surface area contributed by atoms with E-state index in [1.54, 1.807) is 6.20 Å². The van der Waals surface area contributed by atoms with Crippen LogP contribution in [0.5, 0.6) is 0 Å². The second-order valence-corrected chi connectivity index (χ2v) is 6.78. The maximum absolute atomic E-state index is 12.3. The van der Waals surface area contributed by atoms with Crippen molar-refractivity contribution < 1.29 is 9.90 Å². The highest BCUT2D eigenvalue weighted by atomic mass is 16.4. The number of hydrogen-bond donors (Lipinski definition) is 3. The smallest absolute Gasteiger partial charge is 0.303 e. The molecule has 0 aliphatic rings. The van der Waals surface area contributed by atoms with E-state index in [9.17, 15) is 9.59 Å². The molecule has 2 aromatic heterocycles. The molecule has 0 spiro atoms. The molecule has 2 heterocycles. The van der Waals surface area contributed by atoms with E-state index in [1.165, 1.54) is 11.1 Å². The molecule has 0 bridgehead atoms. The zero-order valence-electron chi connectivity index (χ0n) is 14.8. The van der Waals surface area contributed by atoms with Crippen molar-refractivity contribution in [2.45, 2.75) is 25.7 Å². The molecule has 0 aliphatic heterocycles. The fourth-order valence-electron chi connectivity index (χ4n) is 3.57. The van der Waals surface area contributed by atoms with E-state index >= 15 is 0 Å². The summed E-state index contributed by atoms with van der Waals surface area (Å²) in [4.78, 5) is 29.2. The van der Waals surface area contributed by atoms with Crippen molar-refractivity contribution in [1.29, 1.82) is 0 Å². The molecule has 0 atom stereocenters. The number of aromatic amines is 2. The van der Waals surface area contributed by atoms with Gasteiger partial charge in [0, 0.05) is 28.9 Å². The van der Waals surface area contributed by atoms with Crippen LogP contribution in [0.25, 0.3) is 21.8 Å². The molecule has 0 amide bonds. The largest absolute Gasteiger partial charge is 0.481 e. The summed E-state index contributed by atoms with van der Waals surface area (Å²) < 4.78 is 0. The van der Waals surface area contributed by atoms with Gasteiger partial charge in [-0.2, -0.15) is 0 Å². The molecule has 0 aliphatic carbocycles. The normalized spacial score (nSPS) is 11.3. The molecule has 3 N–H and O–H groups in total. The number of aromatic nitrogens is 2. The second-order valence-electron chi connectivity index (χ2n) is 6.78. The van der Waals surface area contributed by atoms with Crippen LogP contribution in [0.1, 0.15) is 23.1 Å². The van der Waals surface area contributed by atoms with Gasteiger partial charge in [-0.3, -0.25) is 9.59 Å². The van der Waals surface area contributed by atoms with Gasteiger partial charge in [0.25, 0.3) is 5.56 Å². The topological polar surface area (TPSA) is 85.9 Å². The number of H-pyrrole nitrogens is 2. The quantitative estimate of drug-likeness (QED) is 0.489. The number of aliphatic carboxylic acids is 1. The van der Waals surface area contributed by atoms with Gasteiger partial charge in [-0.1, -0.05) is 36.4 Å². The minimum atomic E-state index is -0.845. The summed E-state index contributed by atoms with van der Waals surface area (Å²) in [6.07, 6.45) is 4.02. The third-order valence-electron chi connectivity index (χ3n) is 4.94. The zero-order valence-corrected chi connectivity index (χ0v) is 14.8. The SMILES string of the molecule is O=C(O)CCc1c[nH]c2c(=O)[nH]c3ccc(CCc4ccccc4)cc3c12. The van der Waals surface area contributed by atoms with Gasteiger partial charge in [0.05, 0.1) is 0 Å². The van der Waals surface area contributed by atoms with Crippen LogP contribution in [0.2, 0.25) is 0 Å². The average molecular weight is 360 g/mol. The predicted octanol–water partition coefficient (Wildman–Crippen LogP) is 3.81. The first-order valence-corrected chi connectivity index (χ1v) is 9.02. The van der Waals surface area contributed by atoms with Crippen molar-refractivity contribution in [2.75, 3.05) is 0 Å². The Balaban J connectivity index is 1.75. The van der Waals surface area contributed by atoms with Crippen molar-refractivity contribution in [3.63, 3.8) is 0 Å². The number of hydrogen-bond acceptors (Lipinski definition) is 2. The first-order chi connectivity index (χ1) is 13.1. The van der Waals surface area contributed by atoms with Crippen molar-refractivity contribution in [3.05, 3.63) is 81.8 Å². The first kappa shape index (κ1) is 17.1. The number of fused-ring (bicyclic) bond motifs is 3. The van der Waals surface area contributed by atoms with Crippen LogP contribution < -0.4 is 5.56 Å². The lowest BCUT2D eigenvalue weighted by atomic mass is 9.99. The summed E-state index contributed by atoms with van der Waals surface area (Å²) in [6, 6.07) is 16.4. The highest BCUT2D eigenvalue weighted by molar-refractivity contribution is 6.06. The molecule has 0 unspecified atom stereocenters. The Morgan fingerprint density at radius 3 is 2.52 bits per heavy atom. The average Bonchev–Trinajstić information content (AvgIpc) is 3.11. The van der Waals surface area contributed by atoms with Crippen molar-refractivity contribution in [3.8, 4) is 0 Å². The molecule has 136 valence electrons. The van der Waals surface area contributed by atoms with Gasteiger partial charge in [-0.15, -0.1) is 0 Å². The van der Waals surface area contributed by atoms with Gasteiger partial charge in [-0.05, 0) is 48.1 Å². The molecule has 5 heteroatoms. The highest BCUT2D eigenvalue weighted by Crippen LogP contribution is 2.27. The van der Waals surface area contributed by atoms with E-state index in [-0.39, 0.29) is 12.0 Å². The van der Waals surface area contributed by atoms with E-state index < -0.39 is 5.97 Å². The van der Waals surface area contributed by atoms with Gasteiger partial charge in [0.1, 0.15) is 5.52 Å². The van der Waals surface area contributed by atoms with E-state index in [0.717, 1.165) is 34.7 Å². The summed E-state index contributed by atoms with van der Waals surface area (Å²) >= 11 is 0. The van der Waals surface area contributed by atoms with Gasteiger partial charge in [0.15, 0.2) is 0 Å². The van der Waals surface area contributed by atoms with Crippen LogP contribution in [-0.4, -0.2) is 21.0 Å². The second kappa shape index (κ2) is 7.11. The minimum absolute atomic E-state index is 0.0367. The van der Waals surface area contributed by atoms with Crippen LogP contribution in [0.15, 0.2) is 59.5 Å².